The van der Waals surface area contributed by atoms with Gasteiger partial charge in [0.15, 0.2) is 0 Å². The molecule has 0 unspecified atom stereocenters. The van der Waals surface area contributed by atoms with Crippen molar-refractivity contribution in [2.45, 2.75) is 50.1 Å². The van der Waals surface area contributed by atoms with Crippen molar-refractivity contribution in [3.05, 3.63) is 60.2 Å². The lowest BCUT2D eigenvalue weighted by molar-refractivity contribution is 0.110. The molecule has 6 nitrogen and oxygen atoms in total. The van der Waals surface area contributed by atoms with Gasteiger partial charge in [0.25, 0.3) is 0 Å². The van der Waals surface area contributed by atoms with Gasteiger partial charge in [-0.1, -0.05) is 30.3 Å². The molecule has 182 valence electrons. The number of carbonyl (C=O) groups excluding carboxylic acids is 1. The molecule has 1 amide bonds. The van der Waals surface area contributed by atoms with Crippen LogP contribution in [0, 0.1) is 0 Å². The summed E-state index contributed by atoms with van der Waals surface area (Å²) in [7, 11) is 2.33. The summed E-state index contributed by atoms with van der Waals surface area (Å²) in [5, 5.41) is 0. The summed E-state index contributed by atoms with van der Waals surface area (Å²) in [6.45, 7) is 5.13. The van der Waals surface area contributed by atoms with Crippen LogP contribution in [0.5, 0.6) is 5.75 Å². The van der Waals surface area contributed by atoms with Crippen LogP contribution in [-0.4, -0.2) is 74.4 Å². The van der Waals surface area contributed by atoms with E-state index in [0.717, 1.165) is 43.9 Å². The zero-order valence-corrected chi connectivity index (χ0v) is 20.3. The monoisotopic (exact) mass is 463 g/mol. The fraction of sp³-hybridized carbons (Fsp3) is 0.536. The summed E-state index contributed by atoms with van der Waals surface area (Å²) in [6.07, 6.45) is 5.39. The van der Waals surface area contributed by atoms with Crippen molar-refractivity contribution in [1.29, 1.82) is 0 Å². The third-order valence-electron chi connectivity index (χ3n) is 7.69. The van der Waals surface area contributed by atoms with Crippen molar-refractivity contribution in [3.63, 3.8) is 0 Å². The Morgan fingerprint density at radius 1 is 1.00 bits per heavy atom. The van der Waals surface area contributed by atoms with E-state index in [-0.39, 0.29) is 6.09 Å². The van der Waals surface area contributed by atoms with Gasteiger partial charge < -0.3 is 9.47 Å². The van der Waals surface area contributed by atoms with E-state index in [2.05, 4.69) is 47.2 Å². The Labute approximate surface area is 203 Å². The van der Waals surface area contributed by atoms with Crippen molar-refractivity contribution in [1.82, 2.24) is 9.80 Å². The molecular formula is C28H37N3O3. The van der Waals surface area contributed by atoms with E-state index in [1.165, 1.54) is 24.8 Å². The highest BCUT2D eigenvalue weighted by molar-refractivity contribution is 5.87. The second-order valence-corrected chi connectivity index (χ2v) is 9.87. The van der Waals surface area contributed by atoms with Crippen molar-refractivity contribution >= 4 is 11.8 Å². The van der Waals surface area contributed by atoms with Crippen LogP contribution in [0.15, 0.2) is 54.6 Å². The first-order chi connectivity index (χ1) is 16.7. The van der Waals surface area contributed by atoms with E-state index in [1.54, 1.807) is 4.90 Å². The third-order valence-corrected chi connectivity index (χ3v) is 7.69. The number of rotatable bonds is 8. The Hall–Kier alpha value is -2.57. The molecule has 2 aliphatic heterocycles. The number of ether oxygens (including phenoxy) is 2. The third kappa shape index (κ3) is 5.56. The van der Waals surface area contributed by atoms with Gasteiger partial charge >= 0.3 is 6.09 Å². The molecule has 2 heterocycles. The molecule has 1 saturated carbocycles. The summed E-state index contributed by atoms with van der Waals surface area (Å²) in [6, 6.07) is 20.2. The van der Waals surface area contributed by atoms with Gasteiger partial charge in [-0.25, -0.2) is 4.79 Å². The fourth-order valence-corrected chi connectivity index (χ4v) is 5.46. The average molecular weight is 464 g/mol. The highest BCUT2D eigenvalue weighted by Gasteiger charge is 2.43. The van der Waals surface area contributed by atoms with E-state index in [4.69, 9.17) is 9.47 Å². The maximum atomic E-state index is 12.1. The number of hydrogen-bond acceptors (Lipinski definition) is 5. The molecule has 3 fully saturated rings. The standard InChI is InChI=1S/C28H37N3O3/c1-29(27-21-26(27)22-7-3-2-4-8-22)23-13-16-30(17-14-23)18-20-33-25-11-9-24(10-12-25)31-15-5-6-19-34-28(31)32/h2-4,7-12,23,26-27H,5-6,13-21H2,1H3/t26-,27+/m0/s1. The Morgan fingerprint density at radius 2 is 1.76 bits per heavy atom. The second kappa shape index (κ2) is 10.8. The van der Waals surface area contributed by atoms with Crippen LogP contribution in [0.3, 0.4) is 0 Å². The molecule has 1 aliphatic carbocycles. The predicted molar refractivity (Wildman–Crippen MR) is 135 cm³/mol. The van der Waals surface area contributed by atoms with E-state index in [0.29, 0.717) is 37.8 Å². The molecule has 34 heavy (non-hydrogen) atoms. The lowest BCUT2D eigenvalue weighted by Crippen LogP contribution is -2.45. The van der Waals surface area contributed by atoms with E-state index >= 15 is 0 Å². The SMILES string of the molecule is CN(C1CCN(CCOc2ccc(N3CCCCOC3=O)cc2)CC1)[C@@H]1C[C@H]1c1ccccc1. The first-order valence-electron chi connectivity index (χ1n) is 12.9. The number of likely N-dealkylation sites (N-methyl/N-ethyl adjacent to an activating group) is 1. The number of piperidine rings is 1. The maximum absolute atomic E-state index is 12.1. The molecule has 0 aromatic heterocycles. The summed E-state index contributed by atoms with van der Waals surface area (Å²) >= 11 is 0. The molecule has 0 spiro atoms. The highest BCUT2D eigenvalue weighted by atomic mass is 16.6. The van der Waals surface area contributed by atoms with Gasteiger partial charge in [0.1, 0.15) is 12.4 Å². The van der Waals surface area contributed by atoms with Gasteiger partial charge in [0, 0.05) is 36.8 Å². The number of amides is 1. The first-order valence-corrected chi connectivity index (χ1v) is 12.9. The molecule has 5 rings (SSSR count). The number of nitrogens with zero attached hydrogens (tertiary/aromatic N) is 3. The normalized spacial score (nSPS) is 24.1. The number of likely N-dealkylation sites (tertiary alicyclic amines) is 1. The molecule has 2 aromatic carbocycles. The topological polar surface area (TPSA) is 45.2 Å². The van der Waals surface area contributed by atoms with Gasteiger partial charge in [0.05, 0.1) is 6.61 Å². The molecular weight excluding hydrogens is 426 g/mol. The number of cyclic esters (lactones) is 1. The Balaban J connectivity index is 1.02. The minimum absolute atomic E-state index is 0.252. The Morgan fingerprint density at radius 3 is 2.53 bits per heavy atom. The van der Waals surface area contributed by atoms with Crippen LogP contribution in [-0.2, 0) is 4.74 Å². The molecule has 3 aliphatic rings. The molecule has 2 atom stereocenters. The molecule has 0 radical (unpaired) electrons. The van der Waals surface area contributed by atoms with Gasteiger partial charge in [-0.3, -0.25) is 14.7 Å². The van der Waals surface area contributed by atoms with Gasteiger partial charge in [0.2, 0.25) is 0 Å². The summed E-state index contributed by atoms with van der Waals surface area (Å²) in [4.78, 5) is 19.0. The van der Waals surface area contributed by atoms with Crippen molar-refractivity contribution in [2.75, 3.05) is 51.3 Å². The van der Waals surface area contributed by atoms with Crippen molar-refractivity contribution < 1.29 is 14.3 Å². The summed E-state index contributed by atoms with van der Waals surface area (Å²) < 4.78 is 11.2. The molecule has 0 bridgehead atoms. The fourth-order valence-electron chi connectivity index (χ4n) is 5.46. The highest BCUT2D eigenvalue weighted by Crippen LogP contribution is 2.45. The van der Waals surface area contributed by atoms with Gasteiger partial charge in [-0.2, -0.15) is 0 Å². The largest absolute Gasteiger partial charge is 0.492 e. The zero-order chi connectivity index (χ0) is 23.3. The van der Waals surface area contributed by atoms with E-state index < -0.39 is 0 Å². The molecule has 6 heteroatoms. The number of hydrogen-bond donors (Lipinski definition) is 0. The van der Waals surface area contributed by atoms with Crippen LogP contribution in [0.4, 0.5) is 10.5 Å². The Bertz CT molecular complexity index is 928. The van der Waals surface area contributed by atoms with Crippen LogP contribution in [0.2, 0.25) is 0 Å². The Kier molecular flexibility index (Phi) is 7.36. The molecule has 2 aromatic rings. The van der Waals surface area contributed by atoms with Crippen molar-refractivity contribution in [3.8, 4) is 5.75 Å². The number of carbonyl (C=O) groups is 1. The molecule has 2 saturated heterocycles. The minimum atomic E-state index is -0.252. The second-order valence-electron chi connectivity index (χ2n) is 9.87. The van der Waals surface area contributed by atoms with Crippen LogP contribution < -0.4 is 9.64 Å². The predicted octanol–water partition coefficient (Wildman–Crippen LogP) is 4.75. The minimum Gasteiger partial charge on any atom is -0.492 e. The van der Waals surface area contributed by atoms with Crippen LogP contribution in [0.25, 0.3) is 0 Å². The average Bonchev–Trinajstić information content (AvgIpc) is 3.70. The lowest BCUT2D eigenvalue weighted by atomic mass is 10.0. The zero-order valence-electron chi connectivity index (χ0n) is 20.3. The van der Waals surface area contributed by atoms with Crippen molar-refractivity contribution in [2.24, 2.45) is 0 Å². The smallest absolute Gasteiger partial charge is 0.414 e. The first kappa shape index (κ1) is 23.2. The maximum Gasteiger partial charge on any atom is 0.414 e. The van der Waals surface area contributed by atoms with Crippen LogP contribution in [0.1, 0.15) is 43.6 Å². The van der Waals surface area contributed by atoms with Gasteiger partial charge in [-0.05, 0) is 82.1 Å². The molecule has 0 N–H and O–H groups in total. The lowest BCUT2D eigenvalue weighted by Gasteiger charge is -2.37. The quantitative estimate of drug-likeness (QED) is 0.565. The summed E-state index contributed by atoms with van der Waals surface area (Å²) in [5.74, 6) is 1.57. The number of anilines is 1. The van der Waals surface area contributed by atoms with E-state index in [9.17, 15) is 4.79 Å². The summed E-state index contributed by atoms with van der Waals surface area (Å²) in [5.41, 5.74) is 2.36. The number of benzene rings is 2. The van der Waals surface area contributed by atoms with Crippen LogP contribution >= 0.6 is 0 Å². The van der Waals surface area contributed by atoms with E-state index in [1.807, 2.05) is 24.3 Å². The van der Waals surface area contributed by atoms with Gasteiger partial charge in [-0.15, -0.1) is 0 Å².